The van der Waals surface area contributed by atoms with E-state index in [2.05, 4.69) is 5.32 Å². The molecule has 4 rings (SSSR count). The minimum atomic E-state index is -3.60. The van der Waals surface area contributed by atoms with Gasteiger partial charge in [0.25, 0.3) is 0 Å². The number of sulfonamides is 1. The number of hydrogen-bond acceptors (Lipinski definition) is 4. The summed E-state index contributed by atoms with van der Waals surface area (Å²) in [6.07, 6.45) is 6.68. The van der Waals surface area contributed by atoms with Crippen LogP contribution in [0.2, 0.25) is 0 Å². The van der Waals surface area contributed by atoms with Gasteiger partial charge in [-0.2, -0.15) is 0 Å². The molecule has 0 spiro atoms. The van der Waals surface area contributed by atoms with Crippen molar-refractivity contribution in [2.45, 2.75) is 76.9 Å². The van der Waals surface area contributed by atoms with Crippen molar-refractivity contribution in [1.29, 1.82) is 0 Å². The van der Waals surface area contributed by atoms with E-state index >= 15 is 0 Å². The summed E-state index contributed by atoms with van der Waals surface area (Å²) in [5, 5.41) is 3.18. The molecule has 1 atom stereocenters. The predicted molar refractivity (Wildman–Crippen MR) is 169 cm³/mol. The van der Waals surface area contributed by atoms with E-state index in [1.165, 1.54) is 15.3 Å². The van der Waals surface area contributed by atoms with Crippen LogP contribution in [0.15, 0.2) is 78.9 Å². The fourth-order valence-corrected chi connectivity index (χ4v) is 6.76. The van der Waals surface area contributed by atoms with Gasteiger partial charge in [-0.1, -0.05) is 86.0 Å². The van der Waals surface area contributed by atoms with Gasteiger partial charge in [-0.3, -0.25) is 13.9 Å². The second kappa shape index (κ2) is 15.1. The van der Waals surface area contributed by atoms with Gasteiger partial charge in [0.1, 0.15) is 11.9 Å². The summed E-state index contributed by atoms with van der Waals surface area (Å²) >= 11 is 0. The van der Waals surface area contributed by atoms with E-state index in [-0.39, 0.29) is 50.2 Å². The van der Waals surface area contributed by atoms with E-state index in [0.717, 1.165) is 49.5 Å². The quantitative estimate of drug-likeness (QED) is 0.267. The van der Waals surface area contributed by atoms with Crippen molar-refractivity contribution < 1.29 is 22.4 Å². The number of anilines is 1. The molecule has 1 saturated carbocycles. The van der Waals surface area contributed by atoms with E-state index in [4.69, 9.17) is 0 Å². The van der Waals surface area contributed by atoms with Crippen molar-refractivity contribution in [2.24, 2.45) is 0 Å². The molecule has 2 amide bonds. The largest absolute Gasteiger partial charge is 0.352 e. The molecular formula is C34H42FN3O4S. The Morgan fingerprint density at radius 2 is 1.58 bits per heavy atom. The Labute approximate surface area is 255 Å². The maximum Gasteiger partial charge on any atom is 0.243 e. The highest BCUT2D eigenvalue weighted by molar-refractivity contribution is 7.92. The highest BCUT2D eigenvalue weighted by Crippen LogP contribution is 2.24. The highest BCUT2D eigenvalue weighted by atomic mass is 32.2. The molecule has 1 aliphatic carbocycles. The molecule has 0 bridgehead atoms. The van der Waals surface area contributed by atoms with Gasteiger partial charge in [0.2, 0.25) is 21.8 Å². The third-order valence-electron chi connectivity index (χ3n) is 8.06. The van der Waals surface area contributed by atoms with E-state index < -0.39 is 21.9 Å². The lowest BCUT2D eigenvalue weighted by molar-refractivity contribution is -0.141. The normalized spacial score (nSPS) is 14.6. The van der Waals surface area contributed by atoms with Crippen LogP contribution >= 0.6 is 0 Å². The van der Waals surface area contributed by atoms with Gasteiger partial charge in [-0.15, -0.1) is 0 Å². The van der Waals surface area contributed by atoms with Crippen LogP contribution in [0.3, 0.4) is 0 Å². The molecule has 1 N–H and O–H groups in total. The van der Waals surface area contributed by atoms with Crippen LogP contribution in [-0.2, 0) is 32.6 Å². The summed E-state index contributed by atoms with van der Waals surface area (Å²) in [6.45, 7) is 1.86. The monoisotopic (exact) mass is 607 g/mol. The average molecular weight is 608 g/mol. The van der Waals surface area contributed by atoms with Gasteiger partial charge in [-0.05, 0) is 49.4 Å². The first-order chi connectivity index (χ1) is 20.6. The molecule has 9 heteroatoms. The van der Waals surface area contributed by atoms with E-state index in [0.29, 0.717) is 11.3 Å². The lowest BCUT2D eigenvalue weighted by atomic mass is 9.94. The first-order valence-corrected chi connectivity index (χ1v) is 16.9. The van der Waals surface area contributed by atoms with Crippen LogP contribution in [-0.4, -0.2) is 50.0 Å². The van der Waals surface area contributed by atoms with Gasteiger partial charge in [-0.25, -0.2) is 12.8 Å². The third kappa shape index (κ3) is 9.13. The Morgan fingerprint density at radius 3 is 2.26 bits per heavy atom. The number of carbonyl (C=O) groups is 2. The van der Waals surface area contributed by atoms with Crippen molar-refractivity contribution in [2.75, 3.05) is 17.1 Å². The summed E-state index contributed by atoms with van der Waals surface area (Å²) in [5.41, 5.74) is 2.58. The summed E-state index contributed by atoms with van der Waals surface area (Å²) in [5.74, 6) is -1.03. The Morgan fingerprint density at radius 1 is 0.930 bits per heavy atom. The first-order valence-electron chi connectivity index (χ1n) is 15.0. The molecule has 0 saturated heterocycles. The second-order valence-electron chi connectivity index (χ2n) is 11.4. The predicted octanol–water partition coefficient (Wildman–Crippen LogP) is 5.77. The van der Waals surface area contributed by atoms with Crippen molar-refractivity contribution in [3.8, 4) is 0 Å². The fourth-order valence-electron chi connectivity index (χ4n) is 5.73. The molecule has 1 fully saturated rings. The number of rotatable bonds is 13. The molecule has 0 aliphatic heterocycles. The van der Waals surface area contributed by atoms with Crippen molar-refractivity contribution in [1.82, 2.24) is 10.2 Å². The van der Waals surface area contributed by atoms with Crippen LogP contribution in [0.4, 0.5) is 10.1 Å². The van der Waals surface area contributed by atoms with Gasteiger partial charge < -0.3 is 10.2 Å². The van der Waals surface area contributed by atoms with Gasteiger partial charge in [0.15, 0.2) is 0 Å². The van der Waals surface area contributed by atoms with Gasteiger partial charge in [0, 0.05) is 37.5 Å². The van der Waals surface area contributed by atoms with E-state index in [9.17, 15) is 22.4 Å². The Kier molecular flexibility index (Phi) is 11.3. The Balaban J connectivity index is 1.60. The van der Waals surface area contributed by atoms with Crippen molar-refractivity contribution >= 4 is 27.5 Å². The fraction of sp³-hybridized carbons (Fsp3) is 0.412. The topological polar surface area (TPSA) is 86.8 Å². The number of hydrogen-bond donors (Lipinski definition) is 1. The first kappa shape index (κ1) is 32.2. The van der Waals surface area contributed by atoms with Crippen LogP contribution in [0.5, 0.6) is 0 Å². The molecule has 3 aromatic rings. The molecule has 1 aliphatic rings. The molecule has 0 aromatic heterocycles. The zero-order valence-electron chi connectivity index (χ0n) is 25.0. The second-order valence-corrected chi connectivity index (χ2v) is 13.3. The molecule has 7 nitrogen and oxygen atoms in total. The number of aryl methyl sites for hydroxylation is 1. The summed E-state index contributed by atoms with van der Waals surface area (Å²) < 4.78 is 41.6. The molecule has 1 unspecified atom stereocenters. The van der Waals surface area contributed by atoms with Crippen molar-refractivity contribution in [3.63, 3.8) is 0 Å². The molecule has 230 valence electrons. The molecule has 0 radical (unpaired) electrons. The minimum absolute atomic E-state index is 0.00560. The SMILES string of the molecule is Cc1ccccc1N(CCCC(=O)N(Cc1ccccc1F)C(Cc1ccccc1)C(=O)NC1CCCCC1)S(C)(=O)=O. The van der Waals surface area contributed by atoms with Gasteiger partial charge >= 0.3 is 0 Å². The summed E-state index contributed by atoms with van der Waals surface area (Å²) in [7, 11) is -3.60. The number of nitrogens with one attached hydrogen (secondary N) is 1. The standard InChI is InChI=1S/C34H42FN3O4S/c1-26-14-9-12-21-31(26)38(43(2,41)42)23-13-22-33(39)37(25-28-17-10-11-20-30(28)35)32(24-27-15-5-3-6-16-27)34(40)36-29-18-7-4-8-19-29/h3,5-6,9-12,14-17,20-21,29,32H,4,7-8,13,18-19,22-25H2,1-2H3,(H,36,40). The zero-order chi connectivity index (χ0) is 30.8. The van der Waals surface area contributed by atoms with Gasteiger partial charge in [0.05, 0.1) is 11.9 Å². The number of para-hydroxylation sites is 1. The maximum absolute atomic E-state index is 14.9. The van der Waals surface area contributed by atoms with E-state index in [1.54, 1.807) is 30.3 Å². The number of nitrogens with zero attached hydrogens (tertiary/aromatic N) is 2. The highest BCUT2D eigenvalue weighted by Gasteiger charge is 2.32. The number of benzene rings is 3. The van der Waals surface area contributed by atoms with Crippen LogP contribution in [0, 0.1) is 12.7 Å². The van der Waals surface area contributed by atoms with Crippen LogP contribution in [0.25, 0.3) is 0 Å². The lowest BCUT2D eigenvalue weighted by Crippen LogP contribution is -2.53. The summed E-state index contributed by atoms with van der Waals surface area (Å²) in [4.78, 5) is 29.3. The van der Waals surface area contributed by atoms with Crippen LogP contribution in [0.1, 0.15) is 61.6 Å². The average Bonchev–Trinajstić information content (AvgIpc) is 2.99. The lowest BCUT2D eigenvalue weighted by Gasteiger charge is -2.34. The molecule has 43 heavy (non-hydrogen) atoms. The Bertz CT molecular complexity index is 1480. The number of amides is 2. The van der Waals surface area contributed by atoms with Crippen molar-refractivity contribution in [3.05, 3.63) is 101 Å². The smallest absolute Gasteiger partial charge is 0.243 e. The number of halogens is 1. The van der Waals surface area contributed by atoms with Crippen LogP contribution < -0.4 is 9.62 Å². The zero-order valence-corrected chi connectivity index (χ0v) is 25.9. The minimum Gasteiger partial charge on any atom is -0.352 e. The number of carbonyl (C=O) groups excluding carboxylic acids is 2. The molecular weight excluding hydrogens is 565 g/mol. The maximum atomic E-state index is 14.9. The molecule has 0 heterocycles. The third-order valence-corrected chi connectivity index (χ3v) is 9.24. The molecule has 3 aromatic carbocycles. The summed E-state index contributed by atoms with van der Waals surface area (Å²) in [6, 6.07) is 22.2. The van der Waals surface area contributed by atoms with E-state index in [1.807, 2.05) is 49.4 Å². The Hall–Kier alpha value is -3.72.